The second kappa shape index (κ2) is 10.6. The standard InChI is InChI=1S/C23H30N4O4/c1-23(2,27-21(30)12-18(24)15-8-10-17(28)11-9-15)14-22(31)26-19(13-20(25)29)16-6-4-3-5-7-16/h3-11,18-19,28H,12-14,24H2,1-2H3,(H2,25,29)(H,26,31)(H,27,30)/t18-,19-/m0/s1. The van der Waals surface area contributed by atoms with Crippen LogP contribution in [0, 0.1) is 0 Å². The first-order chi connectivity index (χ1) is 14.6. The van der Waals surface area contributed by atoms with Crippen LogP contribution in [0.4, 0.5) is 0 Å². The molecule has 2 atom stereocenters. The van der Waals surface area contributed by atoms with Gasteiger partial charge in [-0.3, -0.25) is 14.4 Å². The van der Waals surface area contributed by atoms with Gasteiger partial charge in [-0.2, -0.15) is 0 Å². The molecule has 0 heterocycles. The van der Waals surface area contributed by atoms with Crippen molar-refractivity contribution < 1.29 is 19.5 Å². The number of aromatic hydroxyl groups is 1. The zero-order valence-corrected chi connectivity index (χ0v) is 17.8. The van der Waals surface area contributed by atoms with Crippen LogP contribution in [0.5, 0.6) is 5.75 Å². The molecule has 8 heteroatoms. The summed E-state index contributed by atoms with van der Waals surface area (Å²) < 4.78 is 0. The summed E-state index contributed by atoms with van der Waals surface area (Å²) in [7, 11) is 0. The molecule has 0 aromatic heterocycles. The maximum absolute atomic E-state index is 12.6. The molecule has 0 aliphatic carbocycles. The van der Waals surface area contributed by atoms with Crippen molar-refractivity contribution in [2.24, 2.45) is 11.5 Å². The lowest BCUT2D eigenvalue weighted by Crippen LogP contribution is -2.48. The first kappa shape index (κ1) is 23.9. The Bertz CT molecular complexity index is 898. The van der Waals surface area contributed by atoms with E-state index < -0.39 is 23.5 Å². The van der Waals surface area contributed by atoms with Crippen molar-refractivity contribution in [3.8, 4) is 5.75 Å². The molecule has 0 spiro atoms. The Labute approximate surface area is 182 Å². The van der Waals surface area contributed by atoms with Crippen LogP contribution in [0.3, 0.4) is 0 Å². The van der Waals surface area contributed by atoms with Crippen molar-refractivity contribution >= 4 is 17.7 Å². The minimum Gasteiger partial charge on any atom is -0.508 e. The maximum Gasteiger partial charge on any atom is 0.222 e. The molecule has 0 aliphatic rings. The lowest BCUT2D eigenvalue weighted by atomic mass is 9.97. The van der Waals surface area contributed by atoms with E-state index in [1.807, 2.05) is 30.3 Å². The molecule has 0 saturated heterocycles. The molecule has 0 fully saturated rings. The number of carbonyl (C=O) groups excluding carboxylic acids is 3. The number of hydrogen-bond donors (Lipinski definition) is 5. The third kappa shape index (κ3) is 8.10. The van der Waals surface area contributed by atoms with Gasteiger partial charge >= 0.3 is 0 Å². The van der Waals surface area contributed by atoms with Gasteiger partial charge in [-0.1, -0.05) is 42.5 Å². The Morgan fingerprint density at radius 3 is 2.13 bits per heavy atom. The number of phenolic OH excluding ortho intramolecular Hbond substituents is 1. The van der Waals surface area contributed by atoms with Crippen LogP contribution >= 0.6 is 0 Å². The molecular weight excluding hydrogens is 396 g/mol. The summed E-state index contributed by atoms with van der Waals surface area (Å²) in [4.78, 5) is 36.5. The topological polar surface area (TPSA) is 148 Å². The van der Waals surface area contributed by atoms with Crippen LogP contribution in [0.15, 0.2) is 54.6 Å². The fourth-order valence-electron chi connectivity index (χ4n) is 3.30. The Morgan fingerprint density at radius 2 is 1.55 bits per heavy atom. The van der Waals surface area contributed by atoms with Crippen molar-refractivity contribution in [2.75, 3.05) is 0 Å². The van der Waals surface area contributed by atoms with Gasteiger partial charge in [-0.25, -0.2) is 0 Å². The summed E-state index contributed by atoms with van der Waals surface area (Å²) in [5, 5.41) is 15.0. The molecule has 31 heavy (non-hydrogen) atoms. The number of amides is 3. The largest absolute Gasteiger partial charge is 0.508 e. The van der Waals surface area contributed by atoms with E-state index in [0.29, 0.717) is 0 Å². The number of nitrogens with one attached hydrogen (secondary N) is 2. The van der Waals surface area contributed by atoms with Crippen molar-refractivity contribution in [1.82, 2.24) is 10.6 Å². The van der Waals surface area contributed by atoms with Gasteiger partial charge < -0.3 is 27.2 Å². The molecule has 7 N–H and O–H groups in total. The van der Waals surface area contributed by atoms with E-state index in [2.05, 4.69) is 10.6 Å². The zero-order valence-electron chi connectivity index (χ0n) is 17.8. The molecule has 0 saturated carbocycles. The van der Waals surface area contributed by atoms with Gasteiger partial charge in [0.05, 0.1) is 12.5 Å². The first-order valence-corrected chi connectivity index (χ1v) is 10.0. The summed E-state index contributed by atoms with van der Waals surface area (Å²) in [6, 6.07) is 14.4. The normalized spacial score (nSPS) is 13.1. The van der Waals surface area contributed by atoms with Crippen molar-refractivity contribution in [2.45, 2.75) is 50.7 Å². The van der Waals surface area contributed by atoms with E-state index in [4.69, 9.17) is 11.5 Å². The lowest BCUT2D eigenvalue weighted by molar-refractivity contribution is -0.125. The molecule has 0 aliphatic heterocycles. The van der Waals surface area contributed by atoms with Crippen LogP contribution in [-0.2, 0) is 14.4 Å². The minimum absolute atomic E-state index is 0.00921. The fourth-order valence-corrected chi connectivity index (χ4v) is 3.30. The Kier molecular flexibility index (Phi) is 8.15. The molecule has 0 bridgehead atoms. The van der Waals surface area contributed by atoms with E-state index in [-0.39, 0.29) is 36.8 Å². The number of hydrogen-bond acceptors (Lipinski definition) is 5. The number of carbonyl (C=O) groups is 3. The van der Waals surface area contributed by atoms with Gasteiger partial charge in [0, 0.05) is 24.4 Å². The Hall–Kier alpha value is -3.39. The second-order valence-corrected chi connectivity index (χ2v) is 8.21. The van der Waals surface area contributed by atoms with Crippen molar-refractivity contribution in [1.29, 1.82) is 0 Å². The highest BCUT2D eigenvalue weighted by molar-refractivity contribution is 5.82. The molecular formula is C23H30N4O4. The molecule has 2 aromatic rings. The van der Waals surface area contributed by atoms with Crippen molar-refractivity contribution in [3.63, 3.8) is 0 Å². The van der Waals surface area contributed by atoms with E-state index in [1.165, 1.54) is 12.1 Å². The number of phenols is 1. The van der Waals surface area contributed by atoms with Gasteiger partial charge in [0.2, 0.25) is 17.7 Å². The second-order valence-electron chi connectivity index (χ2n) is 8.21. The van der Waals surface area contributed by atoms with Gasteiger partial charge in [-0.05, 0) is 37.1 Å². The van der Waals surface area contributed by atoms with Gasteiger partial charge in [0.1, 0.15) is 5.75 Å². The summed E-state index contributed by atoms with van der Waals surface area (Å²) in [5.74, 6) is -1.01. The third-order valence-electron chi connectivity index (χ3n) is 4.75. The predicted molar refractivity (Wildman–Crippen MR) is 118 cm³/mol. The maximum atomic E-state index is 12.6. The van der Waals surface area contributed by atoms with Crippen LogP contribution in [0.25, 0.3) is 0 Å². The number of rotatable bonds is 10. The minimum atomic E-state index is -0.830. The van der Waals surface area contributed by atoms with E-state index in [1.54, 1.807) is 26.0 Å². The highest BCUT2D eigenvalue weighted by Gasteiger charge is 2.27. The SMILES string of the molecule is CC(C)(CC(=O)N[C@@H](CC(N)=O)c1ccccc1)NC(=O)C[C@H](N)c1ccc(O)cc1. The molecule has 2 rings (SSSR count). The van der Waals surface area contributed by atoms with Crippen LogP contribution in [0.1, 0.15) is 56.3 Å². The summed E-state index contributed by atoms with van der Waals surface area (Å²) >= 11 is 0. The van der Waals surface area contributed by atoms with Gasteiger partial charge in [0.15, 0.2) is 0 Å². The highest BCUT2D eigenvalue weighted by Crippen LogP contribution is 2.20. The third-order valence-corrected chi connectivity index (χ3v) is 4.75. The van der Waals surface area contributed by atoms with E-state index in [0.717, 1.165) is 11.1 Å². The monoisotopic (exact) mass is 426 g/mol. The summed E-state index contributed by atoms with van der Waals surface area (Å²) in [5.41, 5.74) is 12.1. The van der Waals surface area contributed by atoms with E-state index in [9.17, 15) is 19.5 Å². The molecule has 3 amide bonds. The predicted octanol–water partition coefficient (Wildman–Crippen LogP) is 1.80. The number of nitrogens with two attached hydrogens (primary N) is 2. The van der Waals surface area contributed by atoms with Crippen LogP contribution in [0.2, 0.25) is 0 Å². The fraction of sp³-hybridized carbons (Fsp3) is 0.348. The average Bonchev–Trinajstić information content (AvgIpc) is 2.67. The van der Waals surface area contributed by atoms with Crippen LogP contribution in [-0.4, -0.2) is 28.4 Å². The molecule has 8 nitrogen and oxygen atoms in total. The van der Waals surface area contributed by atoms with E-state index >= 15 is 0 Å². The van der Waals surface area contributed by atoms with Crippen molar-refractivity contribution in [3.05, 3.63) is 65.7 Å². The molecule has 0 radical (unpaired) electrons. The summed E-state index contributed by atoms with van der Waals surface area (Å²) in [6.45, 7) is 3.48. The zero-order chi connectivity index (χ0) is 23.0. The molecule has 0 unspecified atom stereocenters. The Morgan fingerprint density at radius 1 is 0.935 bits per heavy atom. The summed E-state index contributed by atoms with van der Waals surface area (Å²) in [6.07, 6.45) is 0.0173. The van der Waals surface area contributed by atoms with Crippen LogP contribution < -0.4 is 22.1 Å². The first-order valence-electron chi connectivity index (χ1n) is 10.0. The quantitative estimate of drug-likeness (QED) is 0.393. The smallest absolute Gasteiger partial charge is 0.222 e. The Balaban J connectivity index is 1.93. The van der Waals surface area contributed by atoms with Gasteiger partial charge in [-0.15, -0.1) is 0 Å². The van der Waals surface area contributed by atoms with Gasteiger partial charge in [0.25, 0.3) is 0 Å². The number of benzene rings is 2. The molecule has 2 aromatic carbocycles. The lowest BCUT2D eigenvalue weighted by Gasteiger charge is -2.28. The average molecular weight is 427 g/mol. The molecule has 166 valence electrons. The highest BCUT2D eigenvalue weighted by atomic mass is 16.3. The number of primary amides is 1.